The third-order valence-electron chi connectivity index (χ3n) is 6.09. The van der Waals surface area contributed by atoms with Crippen LogP contribution in [-0.4, -0.2) is 10.1 Å². The second kappa shape index (κ2) is 10.6. The van der Waals surface area contributed by atoms with Crippen LogP contribution in [0, 0.1) is 5.82 Å². The van der Waals surface area contributed by atoms with Crippen LogP contribution >= 0.6 is 11.6 Å². The molecule has 4 aromatic rings. The maximum Gasteiger partial charge on any atom is 0.416 e. The van der Waals surface area contributed by atoms with Gasteiger partial charge < -0.3 is 5.11 Å². The summed E-state index contributed by atoms with van der Waals surface area (Å²) in [5.74, 6) is -0.795. The lowest BCUT2D eigenvalue weighted by Gasteiger charge is -2.25. The first-order valence-electron chi connectivity index (χ1n) is 11.5. The number of rotatable bonds is 6. The van der Waals surface area contributed by atoms with Gasteiger partial charge in [0, 0.05) is 21.7 Å². The molecule has 3 aromatic carbocycles. The number of aromatic nitrogens is 1. The van der Waals surface area contributed by atoms with Crippen molar-refractivity contribution in [2.24, 2.45) is 0 Å². The molecule has 1 heterocycles. The van der Waals surface area contributed by atoms with Gasteiger partial charge in [0.15, 0.2) is 6.17 Å². The molecule has 1 N–H and O–H groups in total. The maximum atomic E-state index is 16.4. The average Bonchev–Trinajstić information content (AvgIpc) is 2.87. The number of hydrogen-bond donors (Lipinski definition) is 1. The molecule has 0 aliphatic rings. The Kier molecular flexibility index (Phi) is 7.67. The van der Waals surface area contributed by atoms with Gasteiger partial charge in [0.05, 0.1) is 23.6 Å². The molecule has 192 valence electrons. The van der Waals surface area contributed by atoms with E-state index in [2.05, 4.69) is 0 Å². The van der Waals surface area contributed by atoms with Crippen LogP contribution < -0.4 is 0 Å². The minimum absolute atomic E-state index is 0.000503. The van der Waals surface area contributed by atoms with E-state index in [1.54, 1.807) is 24.3 Å². The van der Waals surface area contributed by atoms with Crippen molar-refractivity contribution in [3.63, 3.8) is 0 Å². The van der Waals surface area contributed by atoms with E-state index in [9.17, 15) is 22.7 Å². The molecule has 0 bridgehead atoms. The molecule has 37 heavy (non-hydrogen) atoms. The number of aliphatic hydroxyl groups is 1. The van der Waals surface area contributed by atoms with E-state index in [-0.39, 0.29) is 17.0 Å². The molecular formula is C29H23ClF5NO. The summed E-state index contributed by atoms with van der Waals surface area (Å²) in [5, 5.41) is 10.9. The predicted molar refractivity (Wildman–Crippen MR) is 134 cm³/mol. The van der Waals surface area contributed by atoms with Gasteiger partial charge in [-0.2, -0.15) is 13.2 Å². The summed E-state index contributed by atoms with van der Waals surface area (Å²) in [7, 11) is 0. The van der Waals surface area contributed by atoms with Gasteiger partial charge in [0.1, 0.15) is 5.82 Å². The molecule has 0 aliphatic carbocycles. The number of alkyl halides is 4. The van der Waals surface area contributed by atoms with E-state index in [4.69, 9.17) is 16.6 Å². The van der Waals surface area contributed by atoms with E-state index in [0.717, 1.165) is 24.3 Å². The summed E-state index contributed by atoms with van der Waals surface area (Å²) < 4.78 is 69.4. The van der Waals surface area contributed by atoms with Crippen molar-refractivity contribution >= 4 is 11.6 Å². The molecular weight excluding hydrogens is 509 g/mol. The smallest absolute Gasteiger partial charge is 0.392 e. The highest BCUT2D eigenvalue weighted by Crippen LogP contribution is 2.44. The lowest BCUT2D eigenvalue weighted by atomic mass is 9.84. The van der Waals surface area contributed by atoms with Crippen molar-refractivity contribution in [2.45, 2.75) is 38.7 Å². The van der Waals surface area contributed by atoms with E-state index in [1.165, 1.54) is 24.3 Å². The summed E-state index contributed by atoms with van der Waals surface area (Å²) in [5.41, 5.74) is 1.59. The zero-order valence-electron chi connectivity index (χ0n) is 20.0. The highest BCUT2D eigenvalue weighted by Gasteiger charge is 2.32. The number of aliphatic hydroxyl groups excluding tert-OH is 1. The Balaban J connectivity index is 2.04. The molecule has 0 spiro atoms. The Labute approximate surface area is 216 Å². The first kappa shape index (κ1) is 26.8. The fraction of sp³-hybridized carbons (Fsp3) is 0.207. The molecule has 0 saturated heterocycles. The standard InChI is InChI=1S/C29H23ClF5NO/c1-16(2)27-25(26(32)18-6-10-20(11-7-18)29(33,34)35)24(17-8-12-22(31)13-9-17)23(15-37)28(36-27)19-4-3-5-21(30)14-19/h3-14,16,26,37H,15H2,1-2H3. The Morgan fingerprint density at radius 1 is 0.919 bits per heavy atom. The van der Waals surface area contributed by atoms with Crippen LogP contribution in [0.25, 0.3) is 22.4 Å². The summed E-state index contributed by atoms with van der Waals surface area (Å²) in [6, 6.07) is 16.1. The number of benzene rings is 3. The van der Waals surface area contributed by atoms with Gasteiger partial charge in [-0.1, -0.05) is 61.8 Å². The highest BCUT2D eigenvalue weighted by atomic mass is 35.5. The van der Waals surface area contributed by atoms with Crippen LogP contribution in [0.4, 0.5) is 22.0 Å². The van der Waals surface area contributed by atoms with Crippen molar-refractivity contribution < 1.29 is 27.1 Å². The summed E-state index contributed by atoms with van der Waals surface area (Å²) in [6.45, 7) is 3.12. The van der Waals surface area contributed by atoms with Gasteiger partial charge in [0.25, 0.3) is 0 Å². The molecule has 0 fully saturated rings. The highest BCUT2D eigenvalue weighted by molar-refractivity contribution is 6.30. The first-order valence-corrected chi connectivity index (χ1v) is 11.9. The van der Waals surface area contributed by atoms with E-state index >= 15 is 4.39 Å². The van der Waals surface area contributed by atoms with Gasteiger partial charge >= 0.3 is 6.18 Å². The van der Waals surface area contributed by atoms with Crippen molar-refractivity contribution in [2.75, 3.05) is 0 Å². The molecule has 0 amide bonds. The predicted octanol–water partition coefficient (Wildman–Crippen LogP) is 8.90. The number of pyridine rings is 1. The van der Waals surface area contributed by atoms with Crippen LogP contribution in [0.1, 0.15) is 53.9 Å². The molecule has 2 nitrogen and oxygen atoms in total. The quantitative estimate of drug-likeness (QED) is 0.252. The lowest BCUT2D eigenvalue weighted by Crippen LogP contribution is -2.12. The SMILES string of the molecule is CC(C)c1nc(-c2cccc(Cl)c2)c(CO)c(-c2ccc(F)cc2)c1C(F)c1ccc(C(F)(F)F)cc1. The van der Waals surface area contributed by atoms with Crippen LogP contribution in [-0.2, 0) is 12.8 Å². The van der Waals surface area contributed by atoms with Crippen LogP contribution in [0.15, 0.2) is 72.8 Å². The van der Waals surface area contributed by atoms with Crippen molar-refractivity contribution in [1.29, 1.82) is 0 Å². The molecule has 0 saturated carbocycles. The second-order valence-corrected chi connectivity index (χ2v) is 9.36. The Hall–Kier alpha value is -3.29. The molecule has 1 atom stereocenters. The summed E-state index contributed by atoms with van der Waals surface area (Å²) >= 11 is 6.20. The minimum Gasteiger partial charge on any atom is -0.392 e. The molecule has 1 aromatic heterocycles. The fourth-order valence-corrected chi connectivity index (χ4v) is 4.53. The molecule has 4 rings (SSSR count). The maximum absolute atomic E-state index is 16.4. The number of hydrogen-bond acceptors (Lipinski definition) is 2. The number of nitrogens with zero attached hydrogens (tertiary/aromatic N) is 1. The summed E-state index contributed by atoms with van der Waals surface area (Å²) in [6.07, 6.45) is -6.43. The first-order chi connectivity index (χ1) is 17.5. The van der Waals surface area contributed by atoms with Crippen molar-refractivity contribution in [3.8, 4) is 22.4 Å². The zero-order chi connectivity index (χ0) is 26.9. The van der Waals surface area contributed by atoms with E-state index in [0.29, 0.717) is 38.7 Å². The van der Waals surface area contributed by atoms with Crippen LogP contribution in [0.5, 0.6) is 0 Å². The lowest BCUT2D eigenvalue weighted by molar-refractivity contribution is -0.137. The van der Waals surface area contributed by atoms with Gasteiger partial charge in [-0.05, 0) is 59.0 Å². The topological polar surface area (TPSA) is 33.1 Å². The molecule has 8 heteroatoms. The average molecular weight is 532 g/mol. The normalized spacial score (nSPS) is 12.7. The Bertz CT molecular complexity index is 1400. The largest absolute Gasteiger partial charge is 0.416 e. The monoisotopic (exact) mass is 531 g/mol. The van der Waals surface area contributed by atoms with Crippen molar-refractivity contribution in [3.05, 3.63) is 112 Å². The number of halogens is 6. The molecule has 0 radical (unpaired) electrons. The Morgan fingerprint density at radius 2 is 1.57 bits per heavy atom. The Morgan fingerprint density at radius 3 is 2.11 bits per heavy atom. The van der Waals surface area contributed by atoms with E-state index < -0.39 is 30.3 Å². The van der Waals surface area contributed by atoms with Gasteiger partial charge in [-0.15, -0.1) is 0 Å². The molecule has 0 aliphatic heterocycles. The minimum atomic E-state index is -4.56. The van der Waals surface area contributed by atoms with Gasteiger partial charge in [0.2, 0.25) is 0 Å². The van der Waals surface area contributed by atoms with Gasteiger partial charge in [-0.3, -0.25) is 4.98 Å². The second-order valence-electron chi connectivity index (χ2n) is 8.93. The third-order valence-corrected chi connectivity index (χ3v) is 6.32. The van der Waals surface area contributed by atoms with Crippen molar-refractivity contribution in [1.82, 2.24) is 4.98 Å². The zero-order valence-corrected chi connectivity index (χ0v) is 20.7. The third kappa shape index (κ3) is 5.53. The van der Waals surface area contributed by atoms with Gasteiger partial charge in [-0.25, -0.2) is 8.78 Å². The van der Waals surface area contributed by atoms with E-state index in [1.807, 2.05) is 13.8 Å². The molecule has 1 unspecified atom stereocenters. The summed E-state index contributed by atoms with van der Waals surface area (Å²) in [4.78, 5) is 4.75. The fourth-order valence-electron chi connectivity index (χ4n) is 4.34. The van der Waals surface area contributed by atoms with Crippen LogP contribution in [0.2, 0.25) is 5.02 Å². The van der Waals surface area contributed by atoms with Crippen LogP contribution in [0.3, 0.4) is 0 Å².